The van der Waals surface area contributed by atoms with Crippen molar-refractivity contribution >= 4 is 11.6 Å². The van der Waals surface area contributed by atoms with Crippen LogP contribution in [-0.2, 0) is 4.79 Å². The zero-order chi connectivity index (χ0) is 16.1. The Hall–Kier alpha value is -2.20. The Kier molecular flexibility index (Phi) is 5.28. The minimum atomic E-state index is -0.251. The fourth-order valence-electron chi connectivity index (χ4n) is 2.25. The number of carbonyl (C=O) groups is 1. The molecule has 0 aliphatic rings. The highest BCUT2D eigenvalue weighted by Crippen LogP contribution is 2.19. The van der Waals surface area contributed by atoms with Crippen LogP contribution in [0.1, 0.15) is 18.5 Å². The van der Waals surface area contributed by atoms with Gasteiger partial charge < -0.3 is 4.90 Å². The van der Waals surface area contributed by atoms with E-state index >= 15 is 0 Å². The molecule has 0 bridgehead atoms. The molecular formula is C18H21FN2O. The van der Waals surface area contributed by atoms with Crippen LogP contribution in [0.25, 0.3) is 0 Å². The maximum atomic E-state index is 13.0. The van der Waals surface area contributed by atoms with E-state index < -0.39 is 0 Å². The van der Waals surface area contributed by atoms with Gasteiger partial charge in [0, 0.05) is 18.8 Å². The summed E-state index contributed by atoms with van der Waals surface area (Å²) < 4.78 is 13.0. The molecule has 0 saturated carbocycles. The summed E-state index contributed by atoms with van der Waals surface area (Å²) in [7, 11) is 3.67. The second-order valence-electron chi connectivity index (χ2n) is 5.43. The van der Waals surface area contributed by atoms with Crippen LogP contribution in [0.2, 0.25) is 0 Å². The molecule has 0 spiro atoms. The normalized spacial score (nSPS) is 12.2. The van der Waals surface area contributed by atoms with E-state index in [1.54, 1.807) is 24.1 Å². The molecule has 1 unspecified atom stereocenters. The zero-order valence-electron chi connectivity index (χ0n) is 13.2. The van der Waals surface area contributed by atoms with E-state index in [4.69, 9.17) is 0 Å². The minimum absolute atomic E-state index is 0.0164. The Bertz CT molecular complexity index is 613. The highest BCUT2D eigenvalue weighted by atomic mass is 19.1. The summed E-state index contributed by atoms with van der Waals surface area (Å²) in [6.07, 6.45) is 0. The summed E-state index contributed by atoms with van der Waals surface area (Å²) in [4.78, 5) is 16.0. The van der Waals surface area contributed by atoms with Gasteiger partial charge in [0.2, 0.25) is 5.91 Å². The number of hydrogen-bond donors (Lipinski definition) is 0. The van der Waals surface area contributed by atoms with Crippen LogP contribution < -0.4 is 4.90 Å². The zero-order valence-corrected chi connectivity index (χ0v) is 13.2. The third kappa shape index (κ3) is 3.92. The van der Waals surface area contributed by atoms with Gasteiger partial charge in [-0.1, -0.05) is 30.3 Å². The molecule has 0 fully saturated rings. The van der Waals surface area contributed by atoms with Crippen LogP contribution in [0, 0.1) is 5.82 Å². The molecule has 2 aromatic carbocycles. The molecule has 0 aliphatic carbocycles. The number of likely N-dealkylation sites (N-methyl/N-ethyl adjacent to an activating group) is 2. The van der Waals surface area contributed by atoms with Crippen LogP contribution in [0.15, 0.2) is 54.6 Å². The second-order valence-corrected chi connectivity index (χ2v) is 5.43. The summed E-state index contributed by atoms with van der Waals surface area (Å²) in [5, 5.41) is 0. The van der Waals surface area contributed by atoms with Crippen molar-refractivity contribution in [2.75, 3.05) is 25.5 Å². The number of nitrogens with zero attached hydrogens (tertiary/aromatic N) is 2. The highest BCUT2D eigenvalue weighted by Gasteiger charge is 2.18. The average Bonchev–Trinajstić information content (AvgIpc) is 2.54. The molecule has 1 atom stereocenters. The lowest BCUT2D eigenvalue weighted by Gasteiger charge is -2.27. The smallest absolute Gasteiger partial charge is 0.240 e. The van der Waals surface area contributed by atoms with Crippen LogP contribution in [0.3, 0.4) is 0 Å². The molecular weight excluding hydrogens is 279 g/mol. The molecule has 0 radical (unpaired) electrons. The van der Waals surface area contributed by atoms with Gasteiger partial charge in [0.15, 0.2) is 0 Å². The molecule has 116 valence electrons. The molecule has 2 rings (SSSR count). The molecule has 0 N–H and O–H groups in total. The van der Waals surface area contributed by atoms with Gasteiger partial charge in [-0.2, -0.15) is 0 Å². The first-order chi connectivity index (χ1) is 10.5. The summed E-state index contributed by atoms with van der Waals surface area (Å²) >= 11 is 0. The minimum Gasteiger partial charge on any atom is -0.314 e. The summed E-state index contributed by atoms with van der Waals surface area (Å²) in [6.45, 7) is 2.30. The second kappa shape index (κ2) is 7.18. The molecule has 3 nitrogen and oxygen atoms in total. The summed E-state index contributed by atoms with van der Waals surface area (Å²) in [5.74, 6) is -0.235. The predicted molar refractivity (Wildman–Crippen MR) is 87.3 cm³/mol. The fourth-order valence-corrected chi connectivity index (χ4v) is 2.25. The first kappa shape index (κ1) is 16.2. The Labute approximate surface area is 131 Å². The number of halogens is 1. The van der Waals surface area contributed by atoms with E-state index in [0.717, 1.165) is 11.3 Å². The Morgan fingerprint density at radius 3 is 2.23 bits per heavy atom. The van der Waals surface area contributed by atoms with Gasteiger partial charge in [-0.15, -0.1) is 0 Å². The highest BCUT2D eigenvalue weighted by molar-refractivity contribution is 5.94. The van der Waals surface area contributed by atoms with E-state index in [0.29, 0.717) is 6.54 Å². The Morgan fingerprint density at radius 2 is 1.64 bits per heavy atom. The Balaban J connectivity index is 2.00. The van der Waals surface area contributed by atoms with E-state index in [1.807, 2.05) is 49.2 Å². The van der Waals surface area contributed by atoms with Crippen molar-refractivity contribution in [1.29, 1.82) is 0 Å². The number of benzene rings is 2. The molecule has 0 aromatic heterocycles. The molecule has 2 aromatic rings. The molecule has 0 heterocycles. The first-order valence-corrected chi connectivity index (χ1v) is 7.26. The van der Waals surface area contributed by atoms with Gasteiger partial charge in [0.1, 0.15) is 5.82 Å². The van der Waals surface area contributed by atoms with E-state index in [2.05, 4.69) is 0 Å². The number of hydrogen-bond acceptors (Lipinski definition) is 2. The standard InChI is InChI=1S/C18H21FN2O/c1-14(15-9-11-16(19)12-10-15)20(2)13-18(22)21(3)17-7-5-4-6-8-17/h4-12,14H,13H2,1-3H3. The van der Waals surface area contributed by atoms with E-state index in [1.165, 1.54) is 12.1 Å². The number of carbonyl (C=O) groups excluding carboxylic acids is 1. The number of anilines is 1. The van der Waals surface area contributed by atoms with Gasteiger partial charge in [0.25, 0.3) is 0 Å². The topological polar surface area (TPSA) is 23.6 Å². The summed E-state index contributed by atoms with van der Waals surface area (Å²) in [6, 6.07) is 16.0. The molecule has 4 heteroatoms. The maximum absolute atomic E-state index is 13.0. The quantitative estimate of drug-likeness (QED) is 0.844. The monoisotopic (exact) mass is 300 g/mol. The van der Waals surface area contributed by atoms with Crippen LogP contribution in [-0.4, -0.2) is 31.4 Å². The van der Waals surface area contributed by atoms with Crippen molar-refractivity contribution < 1.29 is 9.18 Å². The lowest BCUT2D eigenvalue weighted by molar-refractivity contribution is -0.119. The SMILES string of the molecule is CC(c1ccc(F)cc1)N(C)CC(=O)N(C)c1ccccc1. The average molecular weight is 300 g/mol. The lowest BCUT2D eigenvalue weighted by Crippen LogP contribution is -2.37. The molecule has 0 saturated heterocycles. The van der Waals surface area contributed by atoms with E-state index in [9.17, 15) is 9.18 Å². The van der Waals surface area contributed by atoms with Gasteiger partial charge in [-0.25, -0.2) is 4.39 Å². The predicted octanol–water partition coefficient (Wildman–Crippen LogP) is 3.48. The Morgan fingerprint density at radius 1 is 1.05 bits per heavy atom. The molecule has 0 aliphatic heterocycles. The fraction of sp³-hybridized carbons (Fsp3) is 0.278. The van der Waals surface area contributed by atoms with Crippen molar-refractivity contribution in [1.82, 2.24) is 4.90 Å². The van der Waals surface area contributed by atoms with Crippen molar-refractivity contribution in [2.24, 2.45) is 0 Å². The van der Waals surface area contributed by atoms with Gasteiger partial charge in [-0.3, -0.25) is 9.69 Å². The number of amides is 1. The van der Waals surface area contributed by atoms with Crippen LogP contribution in [0.5, 0.6) is 0 Å². The van der Waals surface area contributed by atoms with Crippen molar-refractivity contribution in [3.63, 3.8) is 0 Å². The maximum Gasteiger partial charge on any atom is 0.240 e. The van der Waals surface area contributed by atoms with Crippen LogP contribution in [0.4, 0.5) is 10.1 Å². The lowest BCUT2D eigenvalue weighted by atomic mass is 10.1. The number of para-hydroxylation sites is 1. The summed E-state index contributed by atoms with van der Waals surface area (Å²) in [5.41, 5.74) is 1.86. The van der Waals surface area contributed by atoms with Crippen molar-refractivity contribution in [3.8, 4) is 0 Å². The van der Waals surface area contributed by atoms with Crippen molar-refractivity contribution in [2.45, 2.75) is 13.0 Å². The molecule has 22 heavy (non-hydrogen) atoms. The third-order valence-corrected chi connectivity index (χ3v) is 3.92. The van der Waals surface area contributed by atoms with Gasteiger partial charge in [-0.05, 0) is 43.8 Å². The van der Waals surface area contributed by atoms with E-state index in [-0.39, 0.29) is 17.8 Å². The molecule has 1 amide bonds. The third-order valence-electron chi connectivity index (χ3n) is 3.92. The number of rotatable bonds is 5. The first-order valence-electron chi connectivity index (χ1n) is 7.26. The van der Waals surface area contributed by atoms with Gasteiger partial charge >= 0.3 is 0 Å². The largest absolute Gasteiger partial charge is 0.314 e. The van der Waals surface area contributed by atoms with Crippen LogP contribution >= 0.6 is 0 Å². The van der Waals surface area contributed by atoms with Gasteiger partial charge in [0.05, 0.1) is 6.54 Å². The van der Waals surface area contributed by atoms with Crippen molar-refractivity contribution in [3.05, 3.63) is 66.0 Å².